The van der Waals surface area contributed by atoms with Crippen LogP contribution in [0.4, 0.5) is 0 Å². The Morgan fingerprint density at radius 2 is 1.83 bits per heavy atom. The maximum Gasteiger partial charge on any atom is 0.133 e. The normalized spacial score (nSPS) is 59.7. The van der Waals surface area contributed by atoms with Gasteiger partial charge >= 0.3 is 0 Å². The Kier molecular flexibility index (Phi) is 3.00. The highest BCUT2D eigenvalue weighted by molar-refractivity contribution is 5.79. The predicted octanol–water partition coefficient (Wildman–Crippen LogP) is 4.47. The highest BCUT2D eigenvalue weighted by Gasteiger charge is 2.76. The third-order valence-electron chi connectivity index (χ3n) is 9.67. The van der Waals surface area contributed by atoms with Crippen LogP contribution in [0.3, 0.4) is 0 Å². The van der Waals surface area contributed by atoms with Crippen LogP contribution in [-0.2, 0) is 9.53 Å². The SMILES string of the molecule is CO[C@@H]1C[C@H]2[C@@H]3CC[C@H](C(C)=O)[C@H]3CC[C@@H]2[C@@]2(C)CCC3C[C@]312. The summed E-state index contributed by atoms with van der Waals surface area (Å²) in [5.74, 6) is 5.05. The van der Waals surface area contributed by atoms with Crippen LogP contribution in [0.1, 0.15) is 65.2 Å². The first kappa shape index (κ1) is 14.9. The van der Waals surface area contributed by atoms with Crippen LogP contribution in [0.15, 0.2) is 0 Å². The Hall–Kier alpha value is -0.370. The first-order valence-corrected chi connectivity index (χ1v) is 10.1. The number of ketones is 1. The van der Waals surface area contributed by atoms with E-state index in [1.54, 1.807) is 0 Å². The summed E-state index contributed by atoms with van der Waals surface area (Å²) in [6, 6.07) is 0. The van der Waals surface area contributed by atoms with E-state index in [-0.39, 0.29) is 0 Å². The van der Waals surface area contributed by atoms with E-state index >= 15 is 0 Å². The van der Waals surface area contributed by atoms with E-state index in [1.165, 1.54) is 44.9 Å². The second-order valence-corrected chi connectivity index (χ2v) is 9.83. The van der Waals surface area contributed by atoms with Gasteiger partial charge in [-0.05, 0) is 93.3 Å². The van der Waals surface area contributed by atoms with Crippen LogP contribution >= 0.6 is 0 Å². The van der Waals surface area contributed by atoms with E-state index in [4.69, 9.17) is 4.74 Å². The second-order valence-electron chi connectivity index (χ2n) is 9.83. The molecule has 2 heteroatoms. The van der Waals surface area contributed by atoms with Crippen molar-refractivity contribution in [2.45, 2.75) is 71.3 Å². The molecule has 0 bridgehead atoms. The van der Waals surface area contributed by atoms with Gasteiger partial charge in [0.1, 0.15) is 5.78 Å². The molecule has 5 saturated carbocycles. The molecule has 0 aromatic rings. The molecular formula is C21H32O2. The molecule has 0 amide bonds. The average molecular weight is 316 g/mol. The molecule has 5 aliphatic carbocycles. The number of hydrogen-bond acceptors (Lipinski definition) is 2. The molecular weight excluding hydrogens is 284 g/mol. The number of Topliss-reactive ketones (excluding diaryl/α,β-unsaturated/α-hetero) is 1. The van der Waals surface area contributed by atoms with Crippen molar-refractivity contribution in [3.63, 3.8) is 0 Å². The number of carbonyl (C=O) groups excluding carboxylic acids is 1. The maximum absolute atomic E-state index is 12.1. The van der Waals surface area contributed by atoms with Crippen LogP contribution in [0.2, 0.25) is 0 Å². The van der Waals surface area contributed by atoms with Crippen LogP contribution in [0.5, 0.6) is 0 Å². The summed E-state index contributed by atoms with van der Waals surface area (Å²) in [4.78, 5) is 12.1. The largest absolute Gasteiger partial charge is 0.381 e. The quantitative estimate of drug-likeness (QED) is 0.751. The third-order valence-corrected chi connectivity index (χ3v) is 9.67. The van der Waals surface area contributed by atoms with Gasteiger partial charge in [0.15, 0.2) is 0 Å². The van der Waals surface area contributed by atoms with Crippen molar-refractivity contribution >= 4 is 5.78 Å². The molecule has 5 aliphatic rings. The zero-order chi connectivity index (χ0) is 16.0. The Balaban J connectivity index is 1.49. The van der Waals surface area contributed by atoms with E-state index in [0.717, 1.165) is 30.1 Å². The lowest BCUT2D eigenvalue weighted by molar-refractivity contribution is -0.147. The smallest absolute Gasteiger partial charge is 0.133 e. The van der Waals surface area contributed by atoms with Gasteiger partial charge in [0.2, 0.25) is 0 Å². The molecule has 0 N–H and O–H groups in total. The molecule has 0 aromatic heterocycles. The molecule has 23 heavy (non-hydrogen) atoms. The van der Waals surface area contributed by atoms with Crippen LogP contribution in [-0.4, -0.2) is 19.0 Å². The lowest BCUT2D eigenvalue weighted by Crippen LogP contribution is -2.55. The molecule has 1 spiro atoms. The van der Waals surface area contributed by atoms with E-state index in [9.17, 15) is 4.79 Å². The maximum atomic E-state index is 12.1. The highest BCUT2D eigenvalue weighted by atomic mass is 16.5. The first-order chi connectivity index (χ1) is 11.0. The molecule has 128 valence electrons. The summed E-state index contributed by atoms with van der Waals surface area (Å²) in [6.07, 6.45) is 11.3. The molecule has 5 fully saturated rings. The molecule has 0 aromatic carbocycles. The summed E-state index contributed by atoms with van der Waals surface area (Å²) < 4.78 is 6.12. The van der Waals surface area contributed by atoms with Gasteiger partial charge < -0.3 is 4.74 Å². The van der Waals surface area contributed by atoms with Gasteiger partial charge in [-0.1, -0.05) is 6.92 Å². The van der Waals surface area contributed by atoms with Gasteiger partial charge in [-0.15, -0.1) is 0 Å². The Labute approximate surface area is 140 Å². The number of fused-ring (bicyclic) bond motifs is 4. The molecule has 1 unspecified atom stereocenters. The van der Waals surface area contributed by atoms with Gasteiger partial charge in [0, 0.05) is 18.4 Å². The fourth-order valence-electron chi connectivity index (χ4n) is 8.74. The topological polar surface area (TPSA) is 26.3 Å². The average Bonchev–Trinajstić information content (AvgIpc) is 2.96. The predicted molar refractivity (Wildman–Crippen MR) is 89.9 cm³/mol. The number of rotatable bonds is 2. The van der Waals surface area contributed by atoms with E-state index in [0.29, 0.717) is 34.6 Å². The highest BCUT2D eigenvalue weighted by Crippen LogP contribution is 2.81. The van der Waals surface area contributed by atoms with Gasteiger partial charge in [0.05, 0.1) is 6.10 Å². The second kappa shape index (κ2) is 4.62. The molecule has 0 aliphatic heterocycles. The van der Waals surface area contributed by atoms with Gasteiger partial charge in [-0.3, -0.25) is 4.79 Å². The number of hydrogen-bond donors (Lipinski definition) is 0. The summed E-state index contributed by atoms with van der Waals surface area (Å²) >= 11 is 0. The molecule has 2 nitrogen and oxygen atoms in total. The standard InChI is InChI=1S/C21H32O2/c1-12(22)14-4-5-16-15(14)6-7-18-17(16)10-19(23-3)21-11-13(21)8-9-20(18,21)2/h13-19H,4-11H2,1-3H3/t13?,14-,15-,16-,17+,18+,19-,20-,21+/m1/s1. The van der Waals surface area contributed by atoms with Crippen LogP contribution in [0, 0.1) is 46.3 Å². The van der Waals surface area contributed by atoms with Crippen molar-refractivity contribution in [3.05, 3.63) is 0 Å². The van der Waals surface area contributed by atoms with E-state index in [1.807, 2.05) is 14.0 Å². The zero-order valence-corrected chi connectivity index (χ0v) is 15.0. The Bertz CT molecular complexity index is 542. The van der Waals surface area contributed by atoms with Crippen molar-refractivity contribution in [2.24, 2.45) is 46.3 Å². The van der Waals surface area contributed by atoms with Gasteiger partial charge in [-0.2, -0.15) is 0 Å². The number of methoxy groups -OCH3 is 1. The number of carbonyl (C=O) groups is 1. The van der Waals surface area contributed by atoms with Crippen molar-refractivity contribution in [2.75, 3.05) is 7.11 Å². The summed E-state index contributed by atoms with van der Waals surface area (Å²) in [7, 11) is 1.96. The molecule has 0 saturated heterocycles. The Morgan fingerprint density at radius 3 is 2.52 bits per heavy atom. The molecule has 0 radical (unpaired) electrons. The fourth-order valence-corrected chi connectivity index (χ4v) is 8.74. The molecule has 5 rings (SSSR count). The monoisotopic (exact) mass is 316 g/mol. The van der Waals surface area contributed by atoms with Crippen molar-refractivity contribution in [1.29, 1.82) is 0 Å². The summed E-state index contributed by atoms with van der Waals surface area (Å²) in [5, 5.41) is 0. The zero-order valence-electron chi connectivity index (χ0n) is 15.0. The van der Waals surface area contributed by atoms with E-state index in [2.05, 4.69) is 6.92 Å². The van der Waals surface area contributed by atoms with Crippen LogP contribution in [0.25, 0.3) is 0 Å². The molecule has 0 heterocycles. The third kappa shape index (κ3) is 1.62. The van der Waals surface area contributed by atoms with E-state index < -0.39 is 0 Å². The lowest BCUT2D eigenvalue weighted by atomic mass is 9.48. The van der Waals surface area contributed by atoms with Gasteiger partial charge in [0.25, 0.3) is 0 Å². The van der Waals surface area contributed by atoms with Gasteiger partial charge in [-0.25, -0.2) is 0 Å². The minimum Gasteiger partial charge on any atom is -0.381 e. The van der Waals surface area contributed by atoms with Crippen molar-refractivity contribution in [3.8, 4) is 0 Å². The van der Waals surface area contributed by atoms with Crippen molar-refractivity contribution in [1.82, 2.24) is 0 Å². The summed E-state index contributed by atoms with van der Waals surface area (Å²) in [5.41, 5.74) is 1.06. The fraction of sp³-hybridized carbons (Fsp3) is 0.952. The Morgan fingerprint density at radius 1 is 1.04 bits per heavy atom. The lowest BCUT2D eigenvalue weighted by Gasteiger charge is -2.58. The van der Waals surface area contributed by atoms with Crippen LogP contribution < -0.4 is 0 Å². The van der Waals surface area contributed by atoms with Crippen molar-refractivity contribution < 1.29 is 9.53 Å². The minimum atomic E-state index is 0.378. The first-order valence-electron chi connectivity index (χ1n) is 10.1. The molecule has 9 atom stereocenters. The number of ether oxygens (including phenoxy) is 1. The summed E-state index contributed by atoms with van der Waals surface area (Å²) in [6.45, 7) is 4.46. The minimum absolute atomic E-state index is 0.378.